The van der Waals surface area contributed by atoms with E-state index in [1.807, 2.05) is 60.7 Å². The van der Waals surface area contributed by atoms with Crippen molar-refractivity contribution in [1.82, 2.24) is 5.16 Å². The number of sulfone groups is 1. The van der Waals surface area contributed by atoms with Gasteiger partial charge in [0, 0.05) is 11.6 Å². The quantitative estimate of drug-likeness (QED) is 0.682. The SMILES string of the molecule is O=S(=O)(C/C=C/c1ccccc1)Cc1cc(-c2ccccc2)on1. The molecule has 3 rings (SSSR count). The molecule has 4 nitrogen and oxygen atoms in total. The second-order valence-corrected chi connectivity index (χ2v) is 7.53. The van der Waals surface area contributed by atoms with Gasteiger partial charge in [0.2, 0.25) is 0 Å². The Balaban J connectivity index is 1.65. The maximum absolute atomic E-state index is 12.2. The van der Waals surface area contributed by atoms with Crippen LogP contribution in [0.25, 0.3) is 17.4 Å². The Bertz CT molecular complexity index is 914. The van der Waals surface area contributed by atoms with Gasteiger partial charge < -0.3 is 4.52 Å². The molecule has 0 N–H and O–H groups in total. The molecule has 0 saturated carbocycles. The number of nitrogens with zero attached hydrogens (tertiary/aromatic N) is 1. The van der Waals surface area contributed by atoms with Crippen molar-refractivity contribution >= 4 is 15.9 Å². The van der Waals surface area contributed by atoms with Crippen LogP contribution in [0, 0.1) is 0 Å². The van der Waals surface area contributed by atoms with E-state index in [4.69, 9.17) is 4.52 Å². The zero-order valence-electron chi connectivity index (χ0n) is 13.0. The van der Waals surface area contributed by atoms with E-state index >= 15 is 0 Å². The van der Waals surface area contributed by atoms with Crippen molar-refractivity contribution in [3.63, 3.8) is 0 Å². The highest BCUT2D eigenvalue weighted by Crippen LogP contribution is 2.20. The summed E-state index contributed by atoms with van der Waals surface area (Å²) in [5, 5.41) is 3.87. The predicted molar refractivity (Wildman–Crippen MR) is 94.9 cm³/mol. The van der Waals surface area contributed by atoms with Crippen molar-refractivity contribution in [2.75, 3.05) is 5.75 Å². The Morgan fingerprint density at radius 3 is 2.33 bits per heavy atom. The Kier molecular flexibility index (Phi) is 4.91. The van der Waals surface area contributed by atoms with Crippen LogP contribution >= 0.6 is 0 Å². The number of aromatic nitrogens is 1. The zero-order valence-corrected chi connectivity index (χ0v) is 13.8. The molecule has 122 valence electrons. The van der Waals surface area contributed by atoms with Gasteiger partial charge in [0.1, 0.15) is 0 Å². The smallest absolute Gasteiger partial charge is 0.167 e. The molecule has 1 heterocycles. The Hall–Kier alpha value is -2.66. The molecule has 0 saturated heterocycles. The molecule has 0 aliphatic heterocycles. The Morgan fingerprint density at radius 1 is 0.958 bits per heavy atom. The van der Waals surface area contributed by atoms with Gasteiger partial charge in [0.15, 0.2) is 15.6 Å². The van der Waals surface area contributed by atoms with Gasteiger partial charge in [-0.3, -0.25) is 0 Å². The summed E-state index contributed by atoms with van der Waals surface area (Å²) in [7, 11) is -3.28. The van der Waals surface area contributed by atoms with E-state index in [0.717, 1.165) is 11.1 Å². The third-order valence-corrected chi connectivity index (χ3v) is 4.88. The number of hydrogen-bond donors (Lipinski definition) is 0. The molecule has 0 amide bonds. The first-order valence-electron chi connectivity index (χ1n) is 7.55. The lowest BCUT2D eigenvalue weighted by Crippen LogP contribution is -2.07. The summed E-state index contributed by atoms with van der Waals surface area (Å²) in [5.41, 5.74) is 2.26. The van der Waals surface area contributed by atoms with Crippen LogP contribution in [0.5, 0.6) is 0 Å². The average Bonchev–Trinajstić information content (AvgIpc) is 3.04. The van der Waals surface area contributed by atoms with Crippen molar-refractivity contribution in [3.8, 4) is 11.3 Å². The van der Waals surface area contributed by atoms with Gasteiger partial charge in [-0.2, -0.15) is 0 Å². The summed E-state index contributed by atoms with van der Waals surface area (Å²) in [6.07, 6.45) is 3.46. The first-order valence-corrected chi connectivity index (χ1v) is 9.37. The lowest BCUT2D eigenvalue weighted by Gasteiger charge is -1.97. The molecular formula is C19H17NO3S. The largest absolute Gasteiger partial charge is 0.356 e. The average molecular weight is 339 g/mol. The minimum Gasteiger partial charge on any atom is -0.356 e. The van der Waals surface area contributed by atoms with Crippen LogP contribution in [0.3, 0.4) is 0 Å². The van der Waals surface area contributed by atoms with E-state index in [9.17, 15) is 8.42 Å². The Morgan fingerprint density at radius 2 is 1.62 bits per heavy atom. The summed E-state index contributed by atoms with van der Waals surface area (Å²) in [4.78, 5) is 0. The van der Waals surface area contributed by atoms with Gasteiger partial charge in [-0.15, -0.1) is 0 Å². The summed E-state index contributed by atoms with van der Waals surface area (Å²) in [6.45, 7) is 0. The van der Waals surface area contributed by atoms with E-state index in [0.29, 0.717) is 11.5 Å². The molecular weight excluding hydrogens is 322 g/mol. The van der Waals surface area contributed by atoms with E-state index in [-0.39, 0.29) is 11.5 Å². The normalized spacial score (nSPS) is 11.8. The molecule has 0 aliphatic carbocycles. The van der Waals surface area contributed by atoms with Crippen LogP contribution in [0.15, 0.2) is 77.3 Å². The zero-order chi connectivity index (χ0) is 16.8. The summed E-state index contributed by atoms with van der Waals surface area (Å²) < 4.78 is 29.6. The van der Waals surface area contributed by atoms with Gasteiger partial charge in [0.25, 0.3) is 0 Å². The fraction of sp³-hybridized carbons (Fsp3) is 0.105. The van der Waals surface area contributed by atoms with Gasteiger partial charge in [-0.25, -0.2) is 8.42 Å². The molecule has 0 fully saturated rings. The maximum Gasteiger partial charge on any atom is 0.167 e. The minimum atomic E-state index is -3.28. The molecule has 3 aromatic rings. The molecule has 5 heteroatoms. The van der Waals surface area contributed by atoms with Gasteiger partial charge >= 0.3 is 0 Å². The molecule has 1 aromatic heterocycles. The number of benzene rings is 2. The molecule has 0 unspecified atom stereocenters. The third kappa shape index (κ3) is 4.43. The van der Waals surface area contributed by atoms with Crippen molar-refractivity contribution in [3.05, 3.63) is 84.1 Å². The summed E-state index contributed by atoms with van der Waals surface area (Å²) in [5.74, 6) is 0.401. The molecule has 0 radical (unpaired) electrons. The molecule has 0 aliphatic rings. The topological polar surface area (TPSA) is 60.2 Å². The van der Waals surface area contributed by atoms with Crippen molar-refractivity contribution < 1.29 is 12.9 Å². The predicted octanol–water partition coefficient (Wildman–Crippen LogP) is 3.97. The van der Waals surface area contributed by atoms with Crippen LogP contribution in [-0.4, -0.2) is 19.3 Å². The minimum absolute atomic E-state index is 0.0323. The van der Waals surface area contributed by atoms with Crippen LogP contribution < -0.4 is 0 Å². The van der Waals surface area contributed by atoms with Crippen molar-refractivity contribution in [2.24, 2.45) is 0 Å². The van der Waals surface area contributed by atoms with E-state index in [1.165, 1.54) is 0 Å². The second-order valence-electron chi connectivity index (χ2n) is 5.42. The lowest BCUT2D eigenvalue weighted by atomic mass is 10.2. The monoisotopic (exact) mass is 339 g/mol. The highest BCUT2D eigenvalue weighted by molar-refractivity contribution is 7.90. The third-order valence-electron chi connectivity index (χ3n) is 3.45. The molecule has 0 spiro atoms. The Labute approximate surface area is 141 Å². The number of hydrogen-bond acceptors (Lipinski definition) is 4. The fourth-order valence-electron chi connectivity index (χ4n) is 2.30. The second kappa shape index (κ2) is 7.27. The van der Waals surface area contributed by atoms with Crippen LogP contribution in [0.4, 0.5) is 0 Å². The van der Waals surface area contributed by atoms with Gasteiger partial charge in [0.05, 0.1) is 17.2 Å². The first kappa shape index (κ1) is 16.2. The summed E-state index contributed by atoms with van der Waals surface area (Å²) >= 11 is 0. The van der Waals surface area contributed by atoms with Crippen LogP contribution in [0.1, 0.15) is 11.3 Å². The molecule has 2 aromatic carbocycles. The van der Waals surface area contributed by atoms with Crippen molar-refractivity contribution in [2.45, 2.75) is 5.75 Å². The van der Waals surface area contributed by atoms with Gasteiger partial charge in [-0.1, -0.05) is 78.0 Å². The first-order chi connectivity index (χ1) is 11.6. The fourth-order valence-corrected chi connectivity index (χ4v) is 3.39. The highest BCUT2D eigenvalue weighted by atomic mass is 32.2. The van der Waals surface area contributed by atoms with E-state index < -0.39 is 9.84 Å². The molecule has 0 bridgehead atoms. The number of rotatable bonds is 6. The van der Waals surface area contributed by atoms with E-state index in [2.05, 4.69) is 5.16 Å². The van der Waals surface area contributed by atoms with E-state index in [1.54, 1.807) is 18.2 Å². The lowest BCUT2D eigenvalue weighted by molar-refractivity contribution is 0.426. The van der Waals surface area contributed by atoms with Crippen molar-refractivity contribution in [1.29, 1.82) is 0 Å². The molecule has 0 atom stereocenters. The van der Waals surface area contributed by atoms with Gasteiger partial charge in [-0.05, 0) is 5.56 Å². The molecule has 24 heavy (non-hydrogen) atoms. The standard InChI is InChI=1S/C19H17NO3S/c21-24(22,13-7-10-16-8-3-1-4-9-16)15-18-14-19(23-20-18)17-11-5-2-6-12-17/h1-12,14H,13,15H2/b10-7+. The highest BCUT2D eigenvalue weighted by Gasteiger charge is 2.14. The summed E-state index contributed by atoms with van der Waals surface area (Å²) in [6, 6.07) is 20.7. The van der Waals surface area contributed by atoms with Crippen LogP contribution in [0.2, 0.25) is 0 Å². The maximum atomic E-state index is 12.2. The van der Waals surface area contributed by atoms with Crippen LogP contribution in [-0.2, 0) is 15.6 Å².